The second-order valence-electron chi connectivity index (χ2n) is 7.60. The zero-order valence-electron chi connectivity index (χ0n) is 16.6. The number of carbonyl (C=O) groups is 1. The number of aryl methyl sites for hydroxylation is 1. The van der Waals surface area contributed by atoms with Gasteiger partial charge in [0.2, 0.25) is 5.91 Å². The van der Waals surface area contributed by atoms with E-state index >= 15 is 0 Å². The van der Waals surface area contributed by atoms with E-state index in [1.165, 1.54) is 30.5 Å². The van der Waals surface area contributed by atoms with E-state index in [-0.39, 0.29) is 5.91 Å². The lowest BCUT2D eigenvalue weighted by molar-refractivity contribution is -0.130. The maximum atomic E-state index is 12.7. The Morgan fingerprint density at radius 2 is 1.79 bits per heavy atom. The highest BCUT2D eigenvalue weighted by Crippen LogP contribution is 2.25. The lowest BCUT2D eigenvalue weighted by atomic mass is 10.1. The third-order valence-corrected chi connectivity index (χ3v) is 5.62. The molecule has 2 aromatic carbocycles. The van der Waals surface area contributed by atoms with Gasteiger partial charge in [-0.15, -0.1) is 0 Å². The minimum absolute atomic E-state index is 0.159. The van der Waals surface area contributed by atoms with Crippen LogP contribution in [0, 0.1) is 0 Å². The minimum atomic E-state index is 0.159. The molecule has 1 fully saturated rings. The summed E-state index contributed by atoms with van der Waals surface area (Å²) in [5.74, 6) is 0.159. The Kier molecular flexibility index (Phi) is 5.60. The highest BCUT2D eigenvalue weighted by molar-refractivity contribution is 5.77. The van der Waals surface area contributed by atoms with Gasteiger partial charge in [-0.1, -0.05) is 30.3 Å². The van der Waals surface area contributed by atoms with Gasteiger partial charge in [0.1, 0.15) is 0 Å². The van der Waals surface area contributed by atoms with Crippen LogP contribution < -0.4 is 4.90 Å². The maximum Gasteiger partial charge on any atom is 0.224 e. The summed E-state index contributed by atoms with van der Waals surface area (Å²) in [5.41, 5.74) is 4.56. The number of benzene rings is 2. The molecule has 1 saturated heterocycles. The van der Waals surface area contributed by atoms with Gasteiger partial charge in [0, 0.05) is 45.3 Å². The molecule has 0 spiro atoms. The topological polar surface area (TPSA) is 41.4 Å². The van der Waals surface area contributed by atoms with Gasteiger partial charge in [0.15, 0.2) is 0 Å². The molecule has 146 valence electrons. The molecule has 0 atom stereocenters. The van der Waals surface area contributed by atoms with Crippen LogP contribution >= 0.6 is 0 Å². The Labute approximate surface area is 166 Å². The van der Waals surface area contributed by atoms with E-state index < -0.39 is 0 Å². The van der Waals surface area contributed by atoms with Crippen molar-refractivity contribution in [1.82, 2.24) is 14.5 Å². The monoisotopic (exact) mass is 376 g/mol. The summed E-state index contributed by atoms with van der Waals surface area (Å²) in [4.78, 5) is 21.5. The van der Waals surface area contributed by atoms with Gasteiger partial charge < -0.3 is 14.4 Å². The van der Waals surface area contributed by atoms with Gasteiger partial charge >= 0.3 is 0 Å². The minimum Gasteiger partial charge on any atom is -0.371 e. The molecule has 1 amide bonds. The van der Waals surface area contributed by atoms with E-state index in [1.54, 1.807) is 0 Å². The number of imidazole rings is 1. The molecule has 3 aromatic rings. The molecule has 5 nitrogen and oxygen atoms in total. The Bertz CT molecular complexity index is 942. The van der Waals surface area contributed by atoms with Crippen molar-refractivity contribution in [2.75, 3.05) is 25.0 Å². The molecule has 0 saturated carbocycles. The van der Waals surface area contributed by atoms with Crippen LogP contribution in [-0.2, 0) is 17.9 Å². The Morgan fingerprint density at radius 1 is 1.04 bits per heavy atom. The molecule has 4 rings (SSSR count). The number of carbonyl (C=O) groups excluding carboxylic acids is 1. The molecule has 0 N–H and O–H groups in total. The lowest BCUT2D eigenvalue weighted by Gasteiger charge is -2.31. The average Bonchev–Trinajstić information content (AvgIpc) is 3.16. The Hall–Kier alpha value is -2.82. The largest absolute Gasteiger partial charge is 0.371 e. The van der Waals surface area contributed by atoms with Crippen molar-refractivity contribution < 1.29 is 4.79 Å². The fraction of sp³-hybridized carbons (Fsp3) is 0.391. The molecule has 0 unspecified atom stereocenters. The first-order valence-corrected chi connectivity index (χ1v) is 10.2. The number of piperidine rings is 1. The predicted octanol–water partition coefficient (Wildman–Crippen LogP) is 4.08. The molecular formula is C23H28N4O. The number of nitrogens with zero attached hydrogens (tertiary/aromatic N) is 4. The van der Waals surface area contributed by atoms with Crippen LogP contribution in [0.5, 0.6) is 0 Å². The smallest absolute Gasteiger partial charge is 0.224 e. The quantitative estimate of drug-likeness (QED) is 0.651. The summed E-state index contributed by atoms with van der Waals surface area (Å²) >= 11 is 0. The molecule has 28 heavy (non-hydrogen) atoms. The molecule has 5 heteroatoms. The summed E-state index contributed by atoms with van der Waals surface area (Å²) < 4.78 is 2.06. The standard InChI is InChI=1S/C23H28N4O/c1-25(17-19-9-3-5-11-21(19)26-14-7-2-8-15-26)23(28)13-16-27-18-24-20-10-4-6-12-22(20)27/h3-6,9-12,18H,2,7-8,13-17H2,1H3. The van der Waals surface area contributed by atoms with Gasteiger partial charge in [-0.2, -0.15) is 0 Å². The predicted molar refractivity (Wildman–Crippen MR) is 113 cm³/mol. The van der Waals surface area contributed by atoms with Crippen LogP contribution in [0.3, 0.4) is 0 Å². The van der Waals surface area contributed by atoms with E-state index in [9.17, 15) is 4.79 Å². The molecule has 1 aliphatic rings. The molecular weight excluding hydrogens is 348 g/mol. The van der Waals surface area contributed by atoms with E-state index in [4.69, 9.17) is 0 Å². The van der Waals surface area contributed by atoms with Crippen molar-refractivity contribution in [3.05, 3.63) is 60.4 Å². The van der Waals surface area contributed by atoms with Gasteiger partial charge in [-0.3, -0.25) is 4.79 Å². The third-order valence-electron chi connectivity index (χ3n) is 5.62. The van der Waals surface area contributed by atoms with Crippen LogP contribution in [0.25, 0.3) is 11.0 Å². The van der Waals surface area contributed by atoms with E-state index in [0.29, 0.717) is 19.5 Å². The number of hydrogen-bond donors (Lipinski definition) is 0. The lowest BCUT2D eigenvalue weighted by Crippen LogP contribution is -2.32. The first-order chi connectivity index (χ1) is 13.7. The normalized spacial score (nSPS) is 14.4. The van der Waals surface area contributed by atoms with Crippen LogP contribution in [-0.4, -0.2) is 40.5 Å². The van der Waals surface area contributed by atoms with Crippen molar-refractivity contribution in [1.29, 1.82) is 0 Å². The molecule has 2 heterocycles. The van der Waals surface area contributed by atoms with Crippen molar-refractivity contribution in [3.63, 3.8) is 0 Å². The number of fused-ring (bicyclic) bond motifs is 1. The highest BCUT2D eigenvalue weighted by atomic mass is 16.2. The van der Waals surface area contributed by atoms with Crippen LogP contribution in [0.4, 0.5) is 5.69 Å². The summed E-state index contributed by atoms with van der Waals surface area (Å²) in [5, 5.41) is 0. The van der Waals surface area contributed by atoms with Crippen molar-refractivity contribution in [2.24, 2.45) is 0 Å². The van der Waals surface area contributed by atoms with Crippen molar-refractivity contribution in [3.8, 4) is 0 Å². The van der Waals surface area contributed by atoms with Crippen molar-refractivity contribution >= 4 is 22.6 Å². The number of anilines is 1. The average molecular weight is 377 g/mol. The number of para-hydroxylation sites is 3. The van der Waals surface area contributed by atoms with Gasteiger partial charge in [0.05, 0.1) is 17.4 Å². The Morgan fingerprint density at radius 3 is 2.64 bits per heavy atom. The Balaban J connectivity index is 1.39. The summed E-state index contributed by atoms with van der Waals surface area (Å²) in [6.45, 7) is 3.53. The molecule has 0 bridgehead atoms. The molecule has 1 aliphatic heterocycles. The molecule has 1 aromatic heterocycles. The second kappa shape index (κ2) is 8.46. The SMILES string of the molecule is CN(Cc1ccccc1N1CCCCC1)C(=O)CCn1cnc2ccccc21. The number of hydrogen-bond acceptors (Lipinski definition) is 3. The number of rotatable bonds is 6. The maximum absolute atomic E-state index is 12.7. The van der Waals surface area contributed by atoms with Crippen molar-refractivity contribution in [2.45, 2.75) is 38.8 Å². The second-order valence-corrected chi connectivity index (χ2v) is 7.60. The van der Waals surface area contributed by atoms with Gasteiger partial charge in [-0.05, 0) is 43.0 Å². The van der Waals surface area contributed by atoms with E-state index in [0.717, 1.165) is 24.1 Å². The highest BCUT2D eigenvalue weighted by Gasteiger charge is 2.17. The first-order valence-electron chi connectivity index (χ1n) is 10.2. The first kappa shape index (κ1) is 18.5. The fourth-order valence-corrected chi connectivity index (χ4v) is 4.03. The number of amides is 1. The van der Waals surface area contributed by atoms with Gasteiger partial charge in [-0.25, -0.2) is 4.98 Å². The zero-order valence-corrected chi connectivity index (χ0v) is 16.6. The summed E-state index contributed by atoms with van der Waals surface area (Å²) in [6.07, 6.45) is 6.12. The van der Waals surface area contributed by atoms with E-state index in [2.05, 4.69) is 38.7 Å². The summed E-state index contributed by atoms with van der Waals surface area (Å²) in [6, 6.07) is 16.5. The van der Waals surface area contributed by atoms with Crippen LogP contribution in [0.2, 0.25) is 0 Å². The molecule has 0 aliphatic carbocycles. The molecule has 0 radical (unpaired) electrons. The van der Waals surface area contributed by atoms with Crippen LogP contribution in [0.15, 0.2) is 54.9 Å². The van der Waals surface area contributed by atoms with Crippen LogP contribution in [0.1, 0.15) is 31.2 Å². The summed E-state index contributed by atoms with van der Waals surface area (Å²) in [7, 11) is 1.90. The van der Waals surface area contributed by atoms with Gasteiger partial charge in [0.25, 0.3) is 0 Å². The zero-order chi connectivity index (χ0) is 19.3. The van der Waals surface area contributed by atoms with E-state index in [1.807, 2.05) is 42.5 Å². The fourth-order valence-electron chi connectivity index (χ4n) is 4.03. The third kappa shape index (κ3) is 4.03. The number of aromatic nitrogens is 2.